The minimum Gasteiger partial charge on any atom is -0.473 e. The summed E-state index contributed by atoms with van der Waals surface area (Å²) in [5.74, 6) is -2.07. The number of benzene rings is 1. The number of carbonyl (C=O) groups is 1. The minimum absolute atomic E-state index is 0.109. The molecule has 0 atom stereocenters. The van der Waals surface area contributed by atoms with E-state index in [-0.39, 0.29) is 35.4 Å². The van der Waals surface area contributed by atoms with Crippen LogP contribution in [0.5, 0.6) is 5.88 Å². The molecular weight excluding hydrogens is 424 g/mol. The van der Waals surface area contributed by atoms with E-state index in [1.54, 1.807) is 17.9 Å². The van der Waals surface area contributed by atoms with E-state index in [2.05, 4.69) is 20.6 Å². The van der Waals surface area contributed by atoms with Gasteiger partial charge in [-0.05, 0) is 24.3 Å². The molecule has 0 aliphatic rings. The molecule has 0 saturated carbocycles. The molecule has 9 nitrogen and oxygen atoms in total. The number of hydrogen-bond acceptors (Lipinski definition) is 7. The van der Waals surface area contributed by atoms with Crippen molar-refractivity contribution in [3.63, 3.8) is 0 Å². The molecule has 11 heteroatoms. The lowest BCUT2D eigenvalue weighted by molar-refractivity contribution is 0.102. The Kier molecular flexibility index (Phi) is 5.90. The number of pyridine rings is 1. The van der Waals surface area contributed by atoms with Gasteiger partial charge in [-0.1, -0.05) is 5.16 Å². The van der Waals surface area contributed by atoms with Crippen LogP contribution in [0.1, 0.15) is 21.7 Å². The maximum atomic E-state index is 13.6. The zero-order valence-electron chi connectivity index (χ0n) is 16.7. The lowest BCUT2D eigenvalue weighted by atomic mass is 10.1. The van der Waals surface area contributed by atoms with Gasteiger partial charge >= 0.3 is 0 Å². The number of aromatic nitrogens is 4. The fourth-order valence-corrected chi connectivity index (χ4v) is 2.92. The predicted molar refractivity (Wildman–Crippen MR) is 108 cm³/mol. The number of ether oxygens (including phenoxy) is 1. The van der Waals surface area contributed by atoms with E-state index in [1.807, 2.05) is 0 Å². The molecule has 0 aliphatic carbocycles. The average Bonchev–Trinajstić information content (AvgIpc) is 3.40. The van der Waals surface area contributed by atoms with Gasteiger partial charge in [0.25, 0.3) is 5.91 Å². The molecule has 0 spiro atoms. The number of rotatable bonds is 7. The van der Waals surface area contributed by atoms with Crippen molar-refractivity contribution in [3.8, 4) is 17.1 Å². The molecular formula is C21H17F2N5O4. The first-order chi connectivity index (χ1) is 15.4. The molecule has 0 bridgehead atoms. The topological polar surface area (TPSA) is 115 Å². The predicted octanol–water partition coefficient (Wildman–Crippen LogP) is 3.07. The van der Waals surface area contributed by atoms with Crippen molar-refractivity contribution in [2.45, 2.75) is 13.2 Å². The van der Waals surface area contributed by atoms with Crippen molar-refractivity contribution in [3.05, 3.63) is 77.4 Å². The number of hydrogen-bond donors (Lipinski definition) is 2. The first-order valence-corrected chi connectivity index (χ1v) is 9.37. The van der Waals surface area contributed by atoms with Gasteiger partial charge in [0.15, 0.2) is 17.4 Å². The van der Waals surface area contributed by atoms with Crippen LogP contribution in [-0.4, -0.2) is 30.9 Å². The summed E-state index contributed by atoms with van der Waals surface area (Å²) >= 11 is 0. The van der Waals surface area contributed by atoms with Crippen LogP contribution in [0.15, 0.2) is 53.4 Å². The molecule has 3 heterocycles. The Morgan fingerprint density at radius 1 is 1.22 bits per heavy atom. The molecule has 1 amide bonds. The molecule has 32 heavy (non-hydrogen) atoms. The summed E-state index contributed by atoms with van der Waals surface area (Å²) in [6.45, 7) is -0.571. The second-order valence-corrected chi connectivity index (χ2v) is 6.75. The van der Waals surface area contributed by atoms with E-state index >= 15 is 0 Å². The van der Waals surface area contributed by atoms with Crippen molar-refractivity contribution in [1.82, 2.24) is 19.9 Å². The molecule has 4 rings (SSSR count). The largest absolute Gasteiger partial charge is 0.473 e. The first kappa shape index (κ1) is 21.1. The molecule has 3 aromatic heterocycles. The summed E-state index contributed by atoms with van der Waals surface area (Å²) in [7, 11) is 1.74. The molecule has 1 aromatic carbocycles. The minimum atomic E-state index is -1.04. The van der Waals surface area contributed by atoms with Gasteiger partial charge in [0.2, 0.25) is 5.88 Å². The second-order valence-electron chi connectivity index (χ2n) is 6.75. The normalized spacial score (nSPS) is 10.9. The van der Waals surface area contributed by atoms with Crippen molar-refractivity contribution in [2.75, 3.05) is 5.32 Å². The standard InChI is InChI=1S/C21H17F2N5O4/c1-28-9-14(8-25-28)26-21(30)13-3-5-19(24-7-13)31-11-15-18(10-29)32-27-20(15)12-2-4-16(22)17(23)6-12/h2-9,29H,10-11H2,1H3,(H,26,30). The summed E-state index contributed by atoms with van der Waals surface area (Å²) in [6.07, 6.45) is 4.52. The molecule has 0 unspecified atom stereocenters. The zero-order chi connectivity index (χ0) is 22.7. The lowest BCUT2D eigenvalue weighted by Crippen LogP contribution is -2.12. The molecule has 164 valence electrons. The van der Waals surface area contributed by atoms with Crippen molar-refractivity contribution in [1.29, 1.82) is 0 Å². The van der Waals surface area contributed by atoms with Gasteiger partial charge in [-0.3, -0.25) is 9.48 Å². The van der Waals surface area contributed by atoms with E-state index in [9.17, 15) is 18.7 Å². The number of aryl methyl sites for hydroxylation is 1. The molecule has 0 radical (unpaired) electrons. The van der Waals surface area contributed by atoms with E-state index in [0.717, 1.165) is 12.1 Å². The van der Waals surface area contributed by atoms with E-state index in [4.69, 9.17) is 9.26 Å². The average molecular weight is 441 g/mol. The van der Waals surface area contributed by atoms with Crippen LogP contribution in [0.2, 0.25) is 0 Å². The van der Waals surface area contributed by atoms with Crippen LogP contribution >= 0.6 is 0 Å². The Bertz CT molecular complexity index is 1250. The third-order valence-corrected chi connectivity index (χ3v) is 4.53. The molecule has 2 N–H and O–H groups in total. The van der Waals surface area contributed by atoms with Crippen LogP contribution in [-0.2, 0) is 20.3 Å². The third kappa shape index (κ3) is 4.47. The highest BCUT2D eigenvalue weighted by atomic mass is 19.2. The summed E-state index contributed by atoms with van der Waals surface area (Å²) < 4.78 is 39.1. The number of anilines is 1. The Balaban J connectivity index is 1.47. The smallest absolute Gasteiger partial charge is 0.257 e. The van der Waals surface area contributed by atoms with Gasteiger partial charge in [0.1, 0.15) is 18.9 Å². The quantitative estimate of drug-likeness (QED) is 0.453. The number of nitrogens with zero attached hydrogens (tertiary/aromatic N) is 4. The van der Waals surface area contributed by atoms with Crippen LogP contribution in [0.4, 0.5) is 14.5 Å². The summed E-state index contributed by atoms with van der Waals surface area (Å²) in [4.78, 5) is 16.4. The number of carbonyl (C=O) groups excluding carboxylic acids is 1. The molecule has 0 aliphatic heterocycles. The Labute approximate surface area is 180 Å². The SMILES string of the molecule is Cn1cc(NC(=O)c2ccc(OCc3c(-c4ccc(F)c(F)c4)noc3CO)nc2)cn1. The zero-order valence-corrected chi connectivity index (χ0v) is 16.7. The van der Waals surface area contributed by atoms with Gasteiger partial charge in [0, 0.05) is 31.1 Å². The fourth-order valence-electron chi connectivity index (χ4n) is 2.92. The Morgan fingerprint density at radius 3 is 2.72 bits per heavy atom. The highest BCUT2D eigenvalue weighted by Gasteiger charge is 2.19. The van der Waals surface area contributed by atoms with Crippen LogP contribution in [0.3, 0.4) is 0 Å². The van der Waals surface area contributed by atoms with Crippen molar-refractivity contribution >= 4 is 11.6 Å². The van der Waals surface area contributed by atoms with E-state index in [0.29, 0.717) is 16.8 Å². The lowest BCUT2D eigenvalue weighted by Gasteiger charge is -2.08. The second kappa shape index (κ2) is 8.94. The fraction of sp³-hybridized carbons (Fsp3) is 0.143. The number of halogens is 2. The van der Waals surface area contributed by atoms with Gasteiger partial charge in [0.05, 0.1) is 23.0 Å². The Hall–Kier alpha value is -4.12. The molecule has 0 saturated heterocycles. The van der Waals surface area contributed by atoms with Crippen LogP contribution < -0.4 is 10.1 Å². The monoisotopic (exact) mass is 441 g/mol. The van der Waals surface area contributed by atoms with Gasteiger partial charge in [-0.25, -0.2) is 13.8 Å². The number of amides is 1. The van der Waals surface area contributed by atoms with Gasteiger partial charge in [-0.15, -0.1) is 0 Å². The highest BCUT2D eigenvalue weighted by molar-refractivity contribution is 6.03. The van der Waals surface area contributed by atoms with Gasteiger partial charge < -0.3 is 19.7 Å². The number of nitrogens with one attached hydrogen (secondary N) is 1. The summed E-state index contributed by atoms with van der Waals surface area (Å²) in [6, 6.07) is 6.33. The Morgan fingerprint density at radius 2 is 2.06 bits per heavy atom. The number of aliphatic hydroxyl groups is 1. The third-order valence-electron chi connectivity index (χ3n) is 4.53. The summed E-state index contributed by atoms with van der Waals surface area (Å²) in [5.41, 5.74) is 1.69. The van der Waals surface area contributed by atoms with Crippen molar-refractivity contribution in [2.24, 2.45) is 7.05 Å². The molecule has 4 aromatic rings. The highest BCUT2D eigenvalue weighted by Crippen LogP contribution is 2.28. The maximum absolute atomic E-state index is 13.6. The van der Waals surface area contributed by atoms with E-state index < -0.39 is 18.2 Å². The summed E-state index contributed by atoms with van der Waals surface area (Å²) in [5, 5.41) is 20.0. The van der Waals surface area contributed by atoms with Crippen LogP contribution in [0, 0.1) is 11.6 Å². The van der Waals surface area contributed by atoms with Crippen LogP contribution in [0.25, 0.3) is 11.3 Å². The molecule has 0 fully saturated rings. The van der Waals surface area contributed by atoms with Gasteiger partial charge in [-0.2, -0.15) is 5.10 Å². The van der Waals surface area contributed by atoms with E-state index in [1.165, 1.54) is 30.6 Å². The number of aliphatic hydroxyl groups excluding tert-OH is 1. The maximum Gasteiger partial charge on any atom is 0.257 e. The van der Waals surface area contributed by atoms with Crippen molar-refractivity contribution < 1.29 is 27.9 Å². The first-order valence-electron chi connectivity index (χ1n) is 9.37.